The third-order valence-corrected chi connectivity index (χ3v) is 3.36. The normalized spacial score (nSPS) is 11.0. The summed E-state index contributed by atoms with van der Waals surface area (Å²) in [5.41, 5.74) is 1.31. The molecule has 0 spiro atoms. The van der Waals surface area contributed by atoms with E-state index < -0.39 is 5.97 Å². The van der Waals surface area contributed by atoms with Gasteiger partial charge in [0.05, 0.1) is 10.7 Å². The zero-order valence-electron chi connectivity index (χ0n) is 10.5. The SMILES string of the molecule is O=C(O)Cc1nc2nccc(-c3cc(Cl)ccc3Cl)n2n1. The number of halogens is 2. The topological polar surface area (TPSA) is 80.4 Å². The van der Waals surface area contributed by atoms with Crippen LogP contribution < -0.4 is 0 Å². The van der Waals surface area contributed by atoms with Crippen LogP contribution in [0.2, 0.25) is 10.0 Å². The van der Waals surface area contributed by atoms with Gasteiger partial charge in [-0.3, -0.25) is 4.79 Å². The number of hydrogen-bond acceptors (Lipinski definition) is 4. The van der Waals surface area contributed by atoms with E-state index >= 15 is 0 Å². The molecule has 2 aromatic heterocycles. The van der Waals surface area contributed by atoms with Gasteiger partial charge in [-0.1, -0.05) is 23.2 Å². The van der Waals surface area contributed by atoms with Crippen LogP contribution in [0.25, 0.3) is 17.0 Å². The number of aromatic nitrogens is 4. The van der Waals surface area contributed by atoms with Crippen molar-refractivity contribution in [2.45, 2.75) is 6.42 Å². The van der Waals surface area contributed by atoms with Crippen LogP contribution in [-0.2, 0) is 11.2 Å². The Morgan fingerprint density at radius 1 is 1.29 bits per heavy atom. The summed E-state index contributed by atoms with van der Waals surface area (Å²) < 4.78 is 1.45. The summed E-state index contributed by atoms with van der Waals surface area (Å²) in [7, 11) is 0. The molecule has 0 bridgehead atoms. The van der Waals surface area contributed by atoms with E-state index in [0.29, 0.717) is 27.1 Å². The predicted molar refractivity (Wildman–Crippen MR) is 77.6 cm³/mol. The van der Waals surface area contributed by atoms with Crippen LogP contribution in [0.4, 0.5) is 0 Å². The Bertz CT molecular complexity index is 847. The number of aliphatic carboxylic acids is 1. The van der Waals surface area contributed by atoms with E-state index in [0.717, 1.165) is 0 Å². The molecule has 0 saturated carbocycles. The highest BCUT2D eigenvalue weighted by Gasteiger charge is 2.14. The van der Waals surface area contributed by atoms with Crippen molar-refractivity contribution >= 4 is 34.9 Å². The number of nitrogens with zero attached hydrogens (tertiary/aromatic N) is 4. The van der Waals surface area contributed by atoms with Crippen molar-refractivity contribution in [1.29, 1.82) is 0 Å². The van der Waals surface area contributed by atoms with Crippen LogP contribution in [0, 0.1) is 0 Å². The van der Waals surface area contributed by atoms with Crippen LogP contribution in [0.5, 0.6) is 0 Å². The molecule has 3 rings (SSSR count). The number of carbonyl (C=O) groups is 1. The summed E-state index contributed by atoms with van der Waals surface area (Å²) in [6.45, 7) is 0. The molecular weight excluding hydrogens is 315 g/mol. The minimum atomic E-state index is -1.01. The Hall–Kier alpha value is -2.18. The zero-order chi connectivity index (χ0) is 15.0. The second-order valence-corrected chi connectivity index (χ2v) is 5.11. The second kappa shape index (κ2) is 5.31. The van der Waals surface area contributed by atoms with Gasteiger partial charge in [0.15, 0.2) is 5.82 Å². The molecule has 1 aromatic carbocycles. The molecule has 1 N–H and O–H groups in total. The molecule has 0 aliphatic heterocycles. The lowest BCUT2D eigenvalue weighted by atomic mass is 10.1. The first kappa shape index (κ1) is 13.8. The fourth-order valence-corrected chi connectivity index (χ4v) is 2.33. The van der Waals surface area contributed by atoms with E-state index in [9.17, 15) is 4.79 Å². The predicted octanol–water partition coefficient (Wildman–Crippen LogP) is 2.73. The fourth-order valence-electron chi connectivity index (χ4n) is 1.94. The number of carboxylic acid groups (broad SMARTS) is 1. The average Bonchev–Trinajstić information content (AvgIpc) is 2.82. The molecule has 0 amide bonds. The fraction of sp³-hybridized carbons (Fsp3) is 0.0769. The molecule has 0 fully saturated rings. The first-order valence-corrected chi connectivity index (χ1v) is 6.68. The second-order valence-electron chi connectivity index (χ2n) is 4.26. The lowest BCUT2D eigenvalue weighted by Gasteiger charge is -2.06. The van der Waals surface area contributed by atoms with Gasteiger partial charge in [0.1, 0.15) is 6.42 Å². The molecule has 3 aromatic rings. The number of rotatable bonds is 3. The Balaban J connectivity index is 2.20. The van der Waals surface area contributed by atoms with Gasteiger partial charge < -0.3 is 5.11 Å². The van der Waals surface area contributed by atoms with E-state index in [1.807, 2.05) is 0 Å². The lowest BCUT2D eigenvalue weighted by Crippen LogP contribution is -2.02. The number of fused-ring (bicyclic) bond motifs is 1. The molecule has 6 nitrogen and oxygen atoms in total. The third kappa shape index (κ3) is 2.68. The van der Waals surface area contributed by atoms with Gasteiger partial charge in [-0.05, 0) is 24.3 Å². The van der Waals surface area contributed by atoms with Crippen molar-refractivity contribution in [3.63, 3.8) is 0 Å². The molecule has 0 radical (unpaired) electrons. The van der Waals surface area contributed by atoms with Crippen LogP contribution in [0.15, 0.2) is 30.5 Å². The van der Waals surface area contributed by atoms with Gasteiger partial charge in [0, 0.05) is 16.8 Å². The highest BCUT2D eigenvalue weighted by Crippen LogP contribution is 2.30. The van der Waals surface area contributed by atoms with E-state index in [1.165, 1.54) is 4.52 Å². The van der Waals surface area contributed by atoms with Crippen molar-refractivity contribution in [3.05, 3.63) is 46.3 Å². The highest BCUT2D eigenvalue weighted by molar-refractivity contribution is 6.35. The number of carboxylic acids is 1. The average molecular weight is 323 g/mol. The van der Waals surface area contributed by atoms with Crippen molar-refractivity contribution in [2.24, 2.45) is 0 Å². The summed E-state index contributed by atoms with van der Waals surface area (Å²) in [4.78, 5) is 18.9. The molecule has 0 aliphatic carbocycles. The summed E-state index contributed by atoms with van der Waals surface area (Å²) in [6.07, 6.45) is 1.28. The summed E-state index contributed by atoms with van der Waals surface area (Å²) in [6, 6.07) is 6.78. The van der Waals surface area contributed by atoms with Crippen LogP contribution in [0.3, 0.4) is 0 Å². The van der Waals surface area contributed by atoms with Gasteiger partial charge in [0.25, 0.3) is 5.78 Å². The van der Waals surface area contributed by atoms with E-state index in [1.54, 1.807) is 30.5 Å². The number of benzene rings is 1. The minimum Gasteiger partial charge on any atom is -0.481 e. The summed E-state index contributed by atoms with van der Waals surface area (Å²) >= 11 is 12.2. The standard InChI is InChI=1S/C13H8Cl2N4O2/c14-7-1-2-9(15)8(5-7)10-3-4-16-13-17-11(6-12(20)21)18-19(10)13/h1-5H,6H2,(H,20,21). The van der Waals surface area contributed by atoms with E-state index in [2.05, 4.69) is 15.1 Å². The summed E-state index contributed by atoms with van der Waals surface area (Å²) in [5.74, 6) is -0.520. The lowest BCUT2D eigenvalue weighted by molar-refractivity contribution is -0.136. The third-order valence-electron chi connectivity index (χ3n) is 2.80. The van der Waals surface area contributed by atoms with E-state index in [-0.39, 0.29) is 12.2 Å². The maximum atomic E-state index is 10.8. The molecule has 0 unspecified atom stereocenters. The zero-order valence-corrected chi connectivity index (χ0v) is 12.0. The van der Waals surface area contributed by atoms with Crippen LogP contribution in [-0.4, -0.2) is 30.7 Å². The highest BCUT2D eigenvalue weighted by atomic mass is 35.5. The van der Waals surface area contributed by atoms with Crippen molar-refractivity contribution in [2.75, 3.05) is 0 Å². The smallest absolute Gasteiger partial charge is 0.311 e. The first-order valence-electron chi connectivity index (χ1n) is 5.92. The van der Waals surface area contributed by atoms with Crippen LogP contribution in [0.1, 0.15) is 5.82 Å². The molecule has 0 aliphatic rings. The molecule has 106 valence electrons. The van der Waals surface area contributed by atoms with Gasteiger partial charge in [-0.2, -0.15) is 9.50 Å². The molecular formula is C13H8Cl2N4O2. The Labute approximate surface area is 129 Å². The van der Waals surface area contributed by atoms with Gasteiger partial charge in [-0.25, -0.2) is 4.98 Å². The van der Waals surface area contributed by atoms with Crippen molar-refractivity contribution in [1.82, 2.24) is 19.6 Å². The quantitative estimate of drug-likeness (QED) is 0.801. The summed E-state index contributed by atoms with van der Waals surface area (Å²) in [5, 5.41) is 14.0. The molecule has 21 heavy (non-hydrogen) atoms. The Morgan fingerprint density at radius 2 is 2.10 bits per heavy atom. The van der Waals surface area contributed by atoms with Crippen LogP contribution >= 0.6 is 23.2 Å². The maximum absolute atomic E-state index is 10.8. The molecule has 0 atom stereocenters. The first-order chi connectivity index (χ1) is 10.0. The minimum absolute atomic E-state index is 0.181. The Morgan fingerprint density at radius 3 is 2.86 bits per heavy atom. The van der Waals surface area contributed by atoms with Crippen molar-refractivity contribution in [3.8, 4) is 11.3 Å². The van der Waals surface area contributed by atoms with Gasteiger partial charge in [0.2, 0.25) is 0 Å². The maximum Gasteiger partial charge on any atom is 0.311 e. The van der Waals surface area contributed by atoms with Gasteiger partial charge >= 0.3 is 5.97 Å². The Kier molecular flexibility index (Phi) is 3.48. The van der Waals surface area contributed by atoms with Gasteiger partial charge in [-0.15, -0.1) is 5.10 Å². The number of hydrogen-bond donors (Lipinski definition) is 1. The van der Waals surface area contributed by atoms with E-state index in [4.69, 9.17) is 28.3 Å². The molecule has 2 heterocycles. The van der Waals surface area contributed by atoms with Crippen molar-refractivity contribution < 1.29 is 9.90 Å². The molecule has 0 saturated heterocycles. The largest absolute Gasteiger partial charge is 0.481 e. The monoisotopic (exact) mass is 322 g/mol. The molecule has 8 heteroatoms.